The van der Waals surface area contributed by atoms with E-state index in [1.165, 1.54) is 0 Å². The van der Waals surface area contributed by atoms with Crippen molar-refractivity contribution in [3.05, 3.63) is 0 Å². The first-order valence-corrected chi connectivity index (χ1v) is 13.8. The van der Waals surface area contributed by atoms with Gasteiger partial charge in [-0.1, -0.05) is 20.8 Å². The molecule has 0 aromatic rings. The zero-order valence-corrected chi connectivity index (χ0v) is 22.1. The molecule has 4 aliphatic carbocycles. The van der Waals surface area contributed by atoms with Crippen molar-refractivity contribution in [2.45, 2.75) is 90.8 Å². The van der Waals surface area contributed by atoms with E-state index in [0.29, 0.717) is 32.1 Å². The number of carbonyl (C=O) groups is 4. The smallest absolute Gasteiger partial charge is 0.426 e. The van der Waals surface area contributed by atoms with Crippen LogP contribution < -0.4 is 0 Å². The second-order valence-electron chi connectivity index (χ2n) is 12.2. The van der Waals surface area contributed by atoms with Crippen LogP contribution in [0.3, 0.4) is 0 Å². The van der Waals surface area contributed by atoms with Crippen molar-refractivity contribution in [2.24, 2.45) is 46.3 Å². The maximum Gasteiger partial charge on any atom is 0.426 e. The third kappa shape index (κ3) is 4.55. The molecule has 4 fully saturated rings. The molecule has 9 unspecified atom stereocenters. The fraction of sp³-hybridized carbons (Fsp3) is 0.852. The summed E-state index contributed by atoms with van der Waals surface area (Å²) >= 11 is 3.64. The second kappa shape index (κ2) is 9.73. The highest BCUT2D eigenvalue weighted by Crippen LogP contribution is 2.66. The third-order valence-corrected chi connectivity index (χ3v) is 10.8. The number of carbonyl (C=O) groups excluding carboxylic acids is 4. The van der Waals surface area contributed by atoms with Gasteiger partial charge in [0, 0.05) is 49.2 Å². The molecular formula is C27H37F3O5S. The Labute approximate surface area is 216 Å². The summed E-state index contributed by atoms with van der Waals surface area (Å²) in [4.78, 5) is 51.5. The van der Waals surface area contributed by atoms with Gasteiger partial charge in [-0.15, -0.1) is 0 Å². The number of ketones is 3. The molecule has 0 N–H and O–H groups in total. The largest absolute Gasteiger partial charge is 0.452 e. The van der Waals surface area contributed by atoms with Gasteiger partial charge < -0.3 is 4.74 Å². The minimum absolute atomic E-state index is 0.0181. The van der Waals surface area contributed by atoms with E-state index in [-0.39, 0.29) is 64.7 Å². The Balaban J connectivity index is 1.47. The highest BCUT2D eigenvalue weighted by molar-refractivity contribution is 7.80. The van der Waals surface area contributed by atoms with Gasteiger partial charge in [-0.05, 0) is 60.7 Å². The Kier molecular flexibility index (Phi) is 7.48. The number of thiol groups is 1. The molecule has 0 saturated heterocycles. The number of hydrogen-bond acceptors (Lipinski definition) is 6. The van der Waals surface area contributed by atoms with Crippen LogP contribution in [0, 0.1) is 46.3 Å². The van der Waals surface area contributed by atoms with Gasteiger partial charge in [0.05, 0.1) is 0 Å². The Morgan fingerprint density at radius 1 is 1.11 bits per heavy atom. The van der Waals surface area contributed by atoms with Gasteiger partial charge in [0.15, 0.2) is 0 Å². The molecule has 0 heterocycles. The first-order chi connectivity index (χ1) is 16.7. The van der Waals surface area contributed by atoms with Crippen molar-refractivity contribution in [2.75, 3.05) is 5.75 Å². The predicted molar refractivity (Wildman–Crippen MR) is 129 cm³/mol. The molecule has 0 aromatic heterocycles. The molecular weight excluding hydrogens is 493 g/mol. The van der Waals surface area contributed by atoms with Crippen LogP contribution in [0.4, 0.5) is 13.2 Å². The molecule has 9 atom stereocenters. The summed E-state index contributed by atoms with van der Waals surface area (Å²) < 4.78 is 43.3. The lowest BCUT2D eigenvalue weighted by atomic mass is 9.44. The van der Waals surface area contributed by atoms with Gasteiger partial charge in [-0.3, -0.25) is 19.2 Å². The molecule has 0 spiro atoms. The van der Waals surface area contributed by atoms with Crippen molar-refractivity contribution in [1.82, 2.24) is 0 Å². The van der Waals surface area contributed by atoms with Gasteiger partial charge in [0.25, 0.3) is 0 Å². The SMILES string of the molecule is CC(CCC(=O)OC(CS)C(F)(F)F)C1CCC2C3C(=O)CC4CC(=O)CCC4(C)C3CC(=O)C12C. The monoisotopic (exact) mass is 530 g/mol. The Morgan fingerprint density at radius 3 is 2.44 bits per heavy atom. The fourth-order valence-corrected chi connectivity index (χ4v) is 8.64. The van der Waals surface area contributed by atoms with Gasteiger partial charge in [0.2, 0.25) is 6.10 Å². The summed E-state index contributed by atoms with van der Waals surface area (Å²) in [5, 5.41) is 0. The molecule has 4 aliphatic rings. The number of hydrogen-bond donors (Lipinski definition) is 1. The minimum atomic E-state index is -4.66. The van der Waals surface area contributed by atoms with E-state index < -0.39 is 29.4 Å². The summed E-state index contributed by atoms with van der Waals surface area (Å²) in [5.41, 5.74) is -0.869. The van der Waals surface area contributed by atoms with Crippen molar-refractivity contribution in [3.8, 4) is 0 Å². The predicted octanol–water partition coefficient (Wildman–Crippen LogP) is 5.39. The lowest BCUT2D eigenvalue weighted by Gasteiger charge is -2.58. The van der Waals surface area contributed by atoms with E-state index in [2.05, 4.69) is 24.3 Å². The quantitative estimate of drug-likeness (QED) is 0.368. The highest BCUT2D eigenvalue weighted by Gasteiger charge is 2.66. The number of rotatable bonds is 6. The molecule has 9 heteroatoms. The van der Waals surface area contributed by atoms with Gasteiger partial charge in [-0.25, -0.2) is 0 Å². The van der Waals surface area contributed by atoms with Gasteiger partial charge in [0.1, 0.15) is 17.3 Å². The van der Waals surface area contributed by atoms with Crippen molar-refractivity contribution in [1.29, 1.82) is 0 Å². The van der Waals surface area contributed by atoms with Crippen LogP contribution in [0.15, 0.2) is 0 Å². The molecule has 0 aliphatic heterocycles. The van der Waals surface area contributed by atoms with Crippen molar-refractivity contribution in [3.63, 3.8) is 0 Å². The first kappa shape index (κ1) is 27.6. The zero-order valence-electron chi connectivity index (χ0n) is 21.2. The number of halogens is 3. The topological polar surface area (TPSA) is 77.5 Å². The number of esters is 1. The minimum Gasteiger partial charge on any atom is -0.452 e. The maximum atomic E-state index is 13.8. The fourth-order valence-electron chi connectivity index (χ4n) is 8.36. The molecule has 36 heavy (non-hydrogen) atoms. The average Bonchev–Trinajstić information content (AvgIpc) is 3.15. The Hall–Kier alpha value is -1.38. The van der Waals surface area contributed by atoms with Crippen LogP contribution in [0.25, 0.3) is 0 Å². The molecule has 4 saturated carbocycles. The van der Waals surface area contributed by atoms with Crippen LogP contribution in [-0.4, -0.2) is 41.4 Å². The standard InChI is InChI=1S/C27H37F3O5S/c1-14(4-7-23(34)35-22(13-36)27(28,29)30)17-5-6-18-24-19(12-21(33)26(17,18)3)25(2)9-8-16(31)10-15(25)11-20(24)32/h14-15,17-19,22,24,36H,4-13H2,1-3H3. The van der Waals surface area contributed by atoms with E-state index in [4.69, 9.17) is 0 Å². The summed E-state index contributed by atoms with van der Waals surface area (Å²) in [6.07, 6.45) is -2.81. The van der Waals surface area contributed by atoms with E-state index in [0.717, 1.165) is 19.3 Å². The maximum absolute atomic E-state index is 13.8. The molecule has 0 amide bonds. The lowest BCUT2D eigenvalue weighted by molar-refractivity contribution is -0.214. The molecule has 5 nitrogen and oxygen atoms in total. The number of ether oxygens (including phenoxy) is 1. The van der Waals surface area contributed by atoms with Gasteiger partial charge in [-0.2, -0.15) is 25.8 Å². The molecule has 0 bridgehead atoms. The van der Waals surface area contributed by atoms with E-state index in [1.807, 2.05) is 13.8 Å². The van der Waals surface area contributed by atoms with E-state index in [1.54, 1.807) is 0 Å². The van der Waals surface area contributed by atoms with E-state index in [9.17, 15) is 32.3 Å². The molecule has 202 valence electrons. The summed E-state index contributed by atoms with van der Waals surface area (Å²) in [5.74, 6) is -1.39. The molecule has 0 radical (unpaired) electrons. The number of alkyl halides is 3. The normalized spacial score (nSPS) is 40.2. The van der Waals surface area contributed by atoms with Crippen LogP contribution in [-0.2, 0) is 23.9 Å². The zero-order chi connectivity index (χ0) is 26.6. The third-order valence-electron chi connectivity index (χ3n) is 10.5. The van der Waals surface area contributed by atoms with Crippen LogP contribution in [0.5, 0.6) is 0 Å². The van der Waals surface area contributed by atoms with Crippen molar-refractivity contribution >= 4 is 35.9 Å². The number of Topliss-reactive ketones (excluding diaryl/α,β-unsaturated/α-hetero) is 3. The lowest BCUT2D eigenvalue weighted by Crippen LogP contribution is -2.60. The van der Waals surface area contributed by atoms with Crippen LogP contribution >= 0.6 is 12.6 Å². The van der Waals surface area contributed by atoms with E-state index >= 15 is 0 Å². The van der Waals surface area contributed by atoms with Crippen LogP contribution in [0.1, 0.15) is 78.6 Å². The second-order valence-corrected chi connectivity index (χ2v) is 12.5. The van der Waals surface area contributed by atoms with Gasteiger partial charge >= 0.3 is 12.1 Å². The first-order valence-electron chi connectivity index (χ1n) is 13.2. The number of fused-ring (bicyclic) bond motifs is 5. The van der Waals surface area contributed by atoms with Crippen molar-refractivity contribution < 1.29 is 37.1 Å². The Morgan fingerprint density at radius 2 is 1.81 bits per heavy atom. The average molecular weight is 531 g/mol. The summed E-state index contributed by atoms with van der Waals surface area (Å²) in [6.45, 7) is 6.08. The van der Waals surface area contributed by atoms with Crippen LogP contribution in [0.2, 0.25) is 0 Å². The summed E-state index contributed by atoms with van der Waals surface area (Å²) in [6, 6.07) is 0. The Bertz CT molecular complexity index is 935. The highest BCUT2D eigenvalue weighted by atomic mass is 32.1. The molecule has 0 aromatic carbocycles. The summed E-state index contributed by atoms with van der Waals surface area (Å²) in [7, 11) is 0. The molecule has 4 rings (SSSR count).